The normalized spacial score (nSPS) is 10.4. The third-order valence-corrected chi connectivity index (χ3v) is 2.99. The molecule has 0 radical (unpaired) electrons. The van der Waals surface area contributed by atoms with E-state index >= 15 is 0 Å². The van der Waals surface area contributed by atoms with Gasteiger partial charge < -0.3 is 11.1 Å². The lowest BCUT2D eigenvalue weighted by Gasteiger charge is -2.11. The first kappa shape index (κ1) is 12.8. The first-order valence-corrected chi connectivity index (χ1v) is 5.91. The molecule has 0 saturated heterocycles. The van der Waals surface area contributed by atoms with Crippen LogP contribution < -0.4 is 11.1 Å². The highest BCUT2D eigenvalue weighted by Gasteiger charge is 2.13. The predicted octanol–water partition coefficient (Wildman–Crippen LogP) is 3.76. The van der Waals surface area contributed by atoms with E-state index in [1.165, 1.54) is 18.3 Å². The van der Waals surface area contributed by atoms with E-state index in [1.807, 2.05) is 0 Å². The number of hydrogen-bond acceptors (Lipinski definition) is 3. The number of halogens is 3. The smallest absolute Gasteiger partial charge is 0.152 e. The molecule has 6 heteroatoms. The second-order valence-corrected chi connectivity index (χ2v) is 4.63. The Hall–Kier alpha value is -1.69. The lowest BCUT2D eigenvalue weighted by molar-refractivity contribution is 0.584. The van der Waals surface area contributed by atoms with Crippen molar-refractivity contribution in [2.75, 3.05) is 11.1 Å². The van der Waals surface area contributed by atoms with Crippen molar-refractivity contribution in [3.05, 3.63) is 46.1 Å². The average molecular weight is 314 g/mol. The molecule has 0 unspecified atom stereocenters. The minimum atomic E-state index is -0.677. The fraction of sp³-hybridized carbons (Fsp3) is 0.0833. The van der Waals surface area contributed by atoms with Crippen LogP contribution in [0.15, 0.2) is 28.9 Å². The first-order valence-electron chi connectivity index (χ1n) is 5.11. The first-order chi connectivity index (χ1) is 8.49. The molecular formula is C12H10BrF2N3. The number of nitrogens with two attached hydrogens (primary N) is 1. The molecule has 0 aliphatic heterocycles. The van der Waals surface area contributed by atoms with Crippen LogP contribution in [0.25, 0.3) is 0 Å². The molecule has 2 aromatic rings. The summed E-state index contributed by atoms with van der Waals surface area (Å²) in [5.74, 6) is -1.02. The van der Waals surface area contributed by atoms with Crippen LogP contribution in [-0.2, 0) is 0 Å². The monoisotopic (exact) mass is 313 g/mol. The molecule has 0 saturated carbocycles. The molecule has 0 aliphatic rings. The van der Waals surface area contributed by atoms with E-state index in [4.69, 9.17) is 5.73 Å². The van der Waals surface area contributed by atoms with Gasteiger partial charge in [0.1, 0.15) is 17.3 Å². The van der Waals surface area contributed by atoms with Gasteiger partial charge in [0.2, 0.25) is 0 Å². The Labute approximate surface area is 111 Å². The topological polar surface area (TPSA) is 50.9 Å². The van der Waals surface area contributed by atoms with Crippen molar-refractivity contribution in [3.8, 4) is 0 Å². The van der Waals surface area contributed by atoms with Gasteiger partial charge in [0.05, 0.1) is 16.4 Å². The number of hydrogen-bond donors (Lipinski definition) is 2. The van der Waals surface area contributed by atoms with Crippen LogP contribution >= 0.6 is 15.9 Å². The molecule has 0 bridgehead atoms. The highest BCUT2D eigenvalue weighted by atomic mass is 79.9. The number of aromatic nitrogens is 1. The van der Waals surface area contributed by atoms with Crippen LogP contribution in [-0.4, -0.2) is 4.98 Å². The minimum absolute atomic E-state index is 0.229. The van der Waals surface area contributed by atoms with Crippen LogP contribution in [0.5, 0.6) is 0 Å². The van der Waals surface area contributed by atoms with Gasteiger partial charge in [-0.25, -0.2) is 13.8 Å². The summed E-state index contributed by atoms with van der Waals surface area (Å²) in [6.45, 7) is 1.56. The number of rotatable bonds is 2. The van der Waals surface area contributed by atoms with Crippen molar-refractivity contribution in [3.63, 3.8) is 0 Å². The molecule has 18 heavy (non-hydrogen) atoms. The second-order valence-electron chi connectivity index (χ2n) is 3.78. The number of benzene rings is 1. The van der Waals surface area contributed by atoms with Gasteiger partial charge in [0.25, 0.3) is 0 Å². The van der Waals surface area contributed by atoms with Crippen LogP contribution in [0.2, 0.25) is 0 Å². The summed E-state index contributed by atoms with van der Waals surface area (Å²) < 4.78 is 27.9. The highest BCUT2D eigenvalue weighted by Crippen LogP contribution is 2.29. The van der Waals surface area contributed by atoms with Crippen molar-refractivity contribution in [2.24, 2.45) is 0 Å². The van der Waals surface area contributed by atoms with Crippen molar-refractivity contribution >= 4 is 33.1 Å². The number of anilines is 3. The van der Waals surface area contributed by atoms with Crippen LogP contribution in [0.1, 0.15) is 5.56 Å². The summed E-state index contributed by atoms with van der Waals surface area (Å²) in [4.78, 5) is 3.97. The zero-order valence-electron chi connectivity index (χ0n) is 9.47. The molecule has 0 aliphatic carbocycles. The summed E-state index contributed by atoms with van der Waals surface area (Å²) in [5, 5.41) is 2.61. The molecule has 0 spiro atoms. The number of nitrogen functional groups attached to an aromatic ring is 1. The van der Waals surface area contributed by atoms with Gasteiger partial charge in [-0.05, 0) is 40.5 Å². The molecule has 0 amide bonds. The molecule has 1 aromatic heterocycles. The lowest BCUT2D eigenvalue weighted by atomic mass is 10.2. The van der Waals surface area contributed by atoms with Crippen molar-refractivity contribution in [2.45, 2.75) is 6.92 Å². The van der Waals surface area contributed by atoms with Crippen molar-refractivity contribution in [1.29, 1.82) is 0 Å². The lowest BCUT2D eigenvalue weighted by Crippen LogP contribution is -2.02. The quantitative estimate of drug-likeness (QED) is 0.887. The van der Waals surface area contributed by atoms with E-state index in [1.54, 1.807) is 13.0 Å². The van der Waals surface area contributed by atoms with Crippen LogP contribution in [0, 0.1) is 18.6 Å². The van der Waals surface area contributed by atoms with E-state index in [9.17, 15) is 8.78 Å². The molecule has 1 heterocycles. The average Bonchev–Trinajstić information content (AvgIpc) is 2.32. The molecule has 1 aromatic carbocycles. The second kappa shape index (κ2) is 4.89. The number of pyridine rings is 1. The molecule has 3 N–H and O–H groups in total. The standard InChI is InChI=1S/C12H10BrF2N3/c1-6-2-3-9(14)11(10(6)15)18-12-8(13)4-7(16)5-17-12/h2-5H,16H2,1H3,(H,17,18). The third kappa shape index (κ3) is 2.43. The summed E-state index contributed by atoms with van der Waals surface area (Å²) in [5.41, 5.74) is 6.12. The van der Waals surface area contributed by atoms with Gasteiger partial charge in [-0.3, -0.25) is 0 Å². The van der Waals surface area contributed by atoms with E-state index in [-0.39, 0.29) is 5.69 Å². The maximum absolute atomic E-state index is 13.8. The molecule has 3 nitrogen and oxygen atoms in total. The van der Waals surface area contributed by atoms with Crippen molar-refractivity contribution < 1.29 is 8.78 Å². The number of nitrogens with zero attached hydrogens (tertiary/aromatic N) is 1. The minimum Gasteiger partial charge on any atom is -0.397 e. The Kier molecular flexibility index (Phi) is 3.47. The molecule has 0 atom stereocenters. The fourth-order valence-corrected chi connectivity index (χ4v) is 1.90. The summed E-state index contributed by atoms with van der Waals surface area (Å²) in [7, 11) is 0. The van der Waals surface area contributed by atoms with Gasteiger partial charge in [-0.2, -0.15) is 0 Å². The van der Waals surface area contributed by atoms with Gasteiger partial charge in [-0.15, -0.1) is 0 Å². The summed E-state index contributed by atoms with van der Waals surface area (Å²) >= 11 is 3.22. The van der Waals surface area contributed by atoms with Gasteiger partial charge >= 0.3 is 0 Å². The highest BCUT2D eigenvalue weighted by molar-refractivity contribution is 9.10. The number of nitrogens with one attached hydrogen (secondary N) is 1. The zero-order valence-corrected chi connectivity index (χ0v) is 11.1. The fourth-order valence-electron chi connectivity index (χ4n) is 1.43. The molecular weight excluding hydrogens is 304 g/mol. The van der Waals surface area contributed by atoms with E-state index < -0.39 is 11.6 Å². The Morgan fingerprint density at radius 2 is 2.06 bits per heavy atom. The van der Waals surface area contributed by atoms with Gasteiger partial charge in [0.15, 0.2) is 5.82 Å². The molecule has 0 fully saturated rings. The van der Waals surface area contributed by atoms with E-state index in [0.29, 0.717) is 21.5 Å². The summed E-state index contributed by atoms with van der Waals surface area (Å²) in [6, 6.07) is 4.17. The summed E-state index contributed by atoms with van der Waals surface area (Å²) in [6.07, 6.45) is 1.40. The zero-order chi connectivity index (χ0) is 13.3. The van der Waals surface area contributed by atoms with Crippen LogP contribution in [0.4, 0.5) is 26.0 Å². The van der Waals surface area contributed by atoms with Gasteiger partial charge in [0, 0.05) is 0 Å². The van der Waals surface area contributed by atoms with E-state index in [0.717, 1.165) is 0 Å². The Balaban J connectivity index is 2.43. The maximum Gasteiger partial charge on any atom is 0.152 e. The maximum atomic E-state index is 13.8. The predicted molar refractivity (Wildman–Crippen MR) is 70.7 cm³/mol. The Morgan fingerprint density at radius 1 is 1.33 bits per heavy atom. The molecule has 2 rings (SSSR count). The molecule has 94 valence electrons. The largest absolute Gasteiger partial charge is 0.397 e. The van der Waals surface area contributed by atoms with Gasteiger partial charge in [-0.1, -0.05) is 6.07 Å². The third-order valence-electron chi connectivity index (χ3n) is 2.39. The Morgan fingerprint density at radius 3 is 2.72 bits per heavy atom. The Bertz CT molecular complexity index is 602. The van der Waals surface area contributed by atoms with Crippen molar-refractivity contribution in [1.82, 2.24) is 4.98 Å². The van der Waals surface area contributed by atoms with Crippen LogP contribution in [0.3, 0.4) is 0 Å². The SMILES string of the molecule is Cc1ccc(F)c(Nc2ncc(N)cc2Br)c1F. The van der Waals surface area contributed by atoms with E-state index in [2.05, 4.69) is 26.2 Å². The number of aryl methyl sites for hydroxylation is 1.